The Labute approximate surface area is 117 Å². The maximum absolute atomic E-state index is 12.2. The molecule has 0 aliphatic heterocycles. The Kier molecular flexibility index (Phi) is 4.48. The number of nitrogens with zero attached hydrogens (tertiary/aromatic N) is 1. The van der Waals surface area contributed by atoms with Crippen molar-refractivity contribution in [1.29, 1.82) is 5.26 Å². The van der Waals surface area contributed by atoms with Crippen LogP contribution in [-0.2, 0) is 4.74 Å². The Morgan fingerprint density at radius 3 is 2.10 bits per heavy atom. The standard InChI is InChI=1S/C16H13NO3/c1-19-11-20-15-8-6-14(7-9-15)16(18)13-4-2-12(10-17)3-5-13/h2-9H,11H2,1H3. The fraction of sp³-hybridized carbons (Fsp3) is 0.125. The van der Waals surface area contributed by atoms with E-state index in [2.05, 4.69) is 0 Å². The van der Waals surface area contributed by atoms with Gasteiger partial charge in [0.05, 0.1) is 11.6 Å². The van der Waals surface area contributed by atoms with Crippen LogP contribution in [0.15, 0.2) is 48.5 Å². The van der Waals surface area contributed by atoms with E-state index in [0.717, 1.165) is 0 Å². The quantitative estimate of drug-likeness (QED) is 0.617. The summed E-state index contributed by atoms with van der Waals surface area (Å²) in [6, 6.07) is 15.4. The van der Waals surface area contributed by atoms with Crippen molar-refractivity contribution in [2.24, 2.45) is 0 Å². The van der Waals surface area contributed by atoms with Gasteiger partial charge in [-0.25, -0.2) is 0 Å². The first-order valence-electron chi connectivity index (χ1n) is 6.01. The smallest absolute Gasteiger partial charge is 0.193 e. The maximum atomic E-state index is 12.2. The number of methoxy groups -OCH3 is 1. The number of benzene rings is 2. The minimum atomic E-state index is -0.0900. The summed E-state index contributed by atoms with van der Waals surface area (Å²) in [5, 5.41) is 8.73. The Morgan fingerprint density at radius 2 is 1.60 bits per heavy atom. The zero-order chi connectivity index (χ0) is 14.4. The second-order valence-corrected chi connectivity index (χ2v) is 4.09. The van der Waals surface area contributed by atoms with E-state index in [4.69, 9.17) is 14.7 Å². The third-order valence-corrected chi connectivity index (χ3v) is 2.74. The van der Waals surface area contributed by atoms with Crippen LogP contribution in [0, 0.1) is 11.3 Å². The molecule has 2 rings (SSSR count). The van der Waals surface area contributed by atoms with E-state index in [1.807, 2.05) is 6.07 Å². The largest absolute Gasteiger partial charge is 0.468 e. The first kappa shape index (κ1) is 13.8. The average Bonchev–Trinajstić information content (AvgIpc) is 2.53. The molecule has 4 heteroatoms. The van der Waals surface area contributed by atoms with Crippen LogP contribution >= 0.6 is 0 Å². The zero-order valence-electron chi connectivity index (χ0n) is 11.0. The van der Waals surface area contributed by atoms with Gasteiger partial charge < -0.3 is 9.47 Å². The fourth-order valence-electron chi connectivity index (χ4n) is 1.69. The van der Waals surface area contributed by atoms with E-state index in [-0.39, 0.29) is 12.6 Å². The lowest BCUT2D eigenvalue weighted by molar-refractivity contribution is 0.0511. The molecule has 0 heterocycles. The molecule has 0 amide bonds. The number of ketones is 1. The number of hydrogen-bond donors (Lipinski definition) is 0. The monoisotopic (exact) mass is 267 g/mol. The van der Waals surface area contributed by atoms with E-state index in [0.29, 0.717) is 22.4 Å². The number of carbonyl (C=O) groups excluding carboxylic acids is 1. The van der Waals surface area contributed by atoms with Crippen molar-refractivity contribution >= 4 is 5.78 Å². The highest BCUT2D eigenvalue weighted by molar-refractivity contribution is 6.09. The number of hydrogen-bond acceptors (Lipinski definition) is 4. The molecule has 0 aliphatic rings. The molecule has 0 aliphatic carbocycles. The summed E-state index contributed by atoms with van der Waals surface area (Å²) in [7, 11) is 1.54. The van der Waals surface area contributed by atoms with Gasteiger partial charge in [-0.05, 0) is 48.5 Å². The van der Waals surface area contributed by atoms with Gasteiger partial charge in [-0.3, -0.25) is 4.79 Å². The minimum Gasteiger partial charge on any atom is -0.468 e. The first-order chi connectivity index (χ1) is 9.74. The number of rotatable bonds is 5. The molecule has 4 nitrogen and oxygen atoms in total. The summed E-state index contributed by atoms with van der Waals surface area (Å²) >= 11 is 0. The van der Waals surface area contributed by atoms with Gasteiger partial charge in [0.15, 0.2) is 12.6 Å². The molecular weight excluding hydrogens is 254 g/mol. The molecule has 0 saturated heterocycles. The summed E-state index contributed by atoms with van der Waals surface area (Å²) in [5.41, 5.74) is 1.65. The van der Waals surface area contributed by atoms with E-state index < -0.39 is 0 Å². The van der Waals surface area contributed by atoms with Crippen LogP contribution < -0.4 is 4.74 Å². The number of ether oxygens (including phenoxy) is 2. The maximum Gasteiger partial charge on any atom is 0.193 e. The molecule has 0 radical (unpaired) electrons. The van der Waals surface area contributed by atoms with Crippen LogP contribution in [0.4, 0.5) is 0 Å². The minimum absolute atomic E-state index is 0.0900. The highest BCUT2D eigenvalue weighted by Crippen LogP contribution is 2.16. The predicted octanol–water partition coefficient (Wildman–Crippen LogP) is 2.77. The van der Waals surface area contributed by atoms with Gasteiger partial charge in [-0.2, -0.15) is 5.26 Å². The molecule has 0 bridgehead atoms. The van der Waals surface area contributed by atoms with Crippen LogP contribution in [0.5, 0.6) is 5.75 Å². The lowest BCUT2D eigenvalue weighted by Crippen LogP contribution is -2.02. The molecular formula is C16H13NO3. The molecule has 100 valence electrons. The summed E-state index contributed by atoms with van der Waals surface area (Å²) in [4.78, 5) is 12.2. The third-order valence-electron chi connectivity index (χ3n) is 2.74. The van der Waals surface area contributed by atoms with Crippen LogP contribution in [0.25, 0.3) is 0 Å². The van der Waals surface area contributed by atoms with E-state index >= 15 is 0 Å². The zero-order valence-corrected chi connectivity index (χ0v) is 11.0. The Balaban J connectivity index is 2.14. The van der Waals surface area contributed by atoms with Crippen LogP contribution in [0.3, 0.4) is 0 Å². The van der Waals surface area contributed by atoms with Crippen molar-refractivity contribution in [3.8, 4) is 11.8 Å². The molecule has 2 aromatic rings. The van der Waals surface area contributed by atoms with Gasteiger partial charge in [0.1, 0.15) is 5.75 Å². The van der Waals surface area contributed by atoms with Crippen LogP contribution in [0.2, 0.25) is 0 Å². The topological polar surface area (TPSA) is 59.3 Å². The highest BCUT2D eigenvalue weighted by Gasteiger charge is 2.09. The molecule has 0 spiro atoms. The van der Waals surface area contributed by atoms with Gasteiger partial charge in [0, 0.05) is 18.2 Å². The van der Waals surface area contributed by atoms with Gasteiger partial charge in [-0.15, -0.1) is 0 Å². The van der Waals surface area contributed by atoms with Crippen molar-refractivity contribution in [3.05, 3.63) is 65.2 Å². The van der Waals surface area contributed by atoms with E-state index in [1.54, 1.807) is 55.6 Å². The molecule has 0 aromatic heterocycles. The predicted molar refractivity (Wildman–Crippen MR) is 73.5 cm³/mol. The second-order valence-electron chi connectivity index (χ2n) is 4.09. The summed E-state index contributed by atoms with van der Waals surface area (Å²) < 4.78 is 10.1. The SMILES string of the molecule is COCOc1ccc(C(=O)c2ccc(C#N)cc2)cc1. The van der Waals surface area contributed by atoms with Crippen LogP contribution in [-0.4, -0.2) is 19.7 Å². The average molecular weight is 267 g/mol. The van der Waals surface area contributed by atoms with Gasteiger partial charge in [-0.1, -0.05) is 0 Å². The Bertz CT molecular complexity index is 624. The van der Waals surface area contributed by atoms with Gasteiger partial charge in [0.25, 0.3) is 0 Å². The van der Waals surface area contributed by atoms with Crippen molar-refractivity contribution in [2.45, 2.75) is 0 Å². The van der Waals surface area contributed by atoms with Crippen LogP contribution in [0.1, 0.15) is 21.5 Å². The molecule has 20 heavy (non-hydrogen) atoms. The highest BCUT2D eigenvalue weighted by atomic mass is 16.7. The van der Waals surface area contributed by atoms with Crippen molar-refractivity contribution in [1.82, 2.24) is 0 Å². The Morgan fingerprint density at radius 1 is 1.05 bits per heavy atom. The van der Waals surface area contributed by atoms with Crippen molar-refractivity contribution in [2.75, 3.05) is 13.9 Å². The van der Waals surface area contributed by atoms with E-state index in [9.17, 15) is 4.79 Å². The molecule has 0 N–H and O–H groups in total. The molecule has 0 saturated carbocycles. The van der Waals surface area contributed by atoms with Crippen molar-refractivity contribution in [3.63, 3.8) is 0 Å². The fourth-order valence-corrected chi connectivity index (χ4v) is 1.69. The number of nitriles is 1. The van der Waals surface area contributed by atoms with Gasteiger partial charge >= 0.3 is 0 Å². The summed E-state index contributed by atoms with van der Waals surface area (Å²) in [6.07, 6.45) is 0. The molecule has 0 fully saturated rings. The van der Waals surface area contributed by atoms with E-state index in [1.165, 1.54) is 0 Å². The summed E-state index contributed by atoms with van der Waals surface area (Å²) in [5.74, 6) is 0.552. The molecule has 2 aromatic carbocycles. The normalized spacial score (nSPS) is 9.80. The molecule has 0 unspecified atom stereocenters. The molecule has 0 atom stereocenters. The third kappa shape index (κ3) is 3.22. The Hall–Kier alpha value is -2.64. The second kappa shape index (κ2) is 6.50. The lowest BCUT2D eigenvalue weighted by atomic mass is 10.0. The van der Waals surface area contributed by atoms with Gasteiger partial charge in [0.2, 0.25) is 0 Å². The summed E-state index contributed by atoms with van der Waals surface area (Å²) in [6.45, 7) is 0.170. The first-order valence-corrected chi connectivity index (χ1v) is 6.01. The van der Waals surface area contributed by atoms with Crippen molar-refractivity contribution < 1.29 is 14.3 Å². The lowest BCUT2D eigenvalue weighted by Gasteiger charge is -2.05. The number of carbonyl (C=O) groups is 1.